The third-order valence-electron chi connectivity index (χ3n) is 3.69. The second kappa shape index (κ2) is 5.40. The molecule has 6 heteroatoms. The zero-order chi connectivity index (χ0) is 14.2. The van der Waals surface area contributed by atoms with Crippen LogP contribution >= 0.6 is 11.6 Å². The quantitative estimate of drug-likeness (QED) is 0.909. The van der Waals surface area contributed by atoms with Crippen molar-refractivity contribution in [3.05, 3.63) is 28.8 Å². The van der Waals surface area contributed by atoms with Crippen LogP contribution in [0.1, 0.15) is 18.9 Å². The Kier molecular flexibility index (Phi) is 4.20. The Labute approximate surface area is 119 Å². The number of sulfonamides is 1. The Morgan fingerprint density at radius 2 is 2.11 bits per heavy atom. The zero-order valence-corrected chi connectivity index (χ0v) is 12.7. The highest BCUT2D eigenvalue weighted by Crippen LogP contribution is 2.26. The average Bonchev–Trinajstić information content (AvgIpc) is 2.32. The second-order valence-corrected chi connectivity index (χ2v) is 7.55. The molecule has 1 aliphatic heterocycles. The van der Waals surface area contributed by atoms with Gasteiger partial charge in [0.2, 0.25) is 10.0 Å². The van der Waals surface area contributed by atoms with Crippen molar-refractivity contribution in [2.45, 2.75) is 31.2 Å². The highest BCUT2D eigenvalue weighted by molar-refractivity contribution is 7.89. The molecule has 4 nitrogen and oxygen atoms in total. The lowest BCUT2D eigenvalue weighted by Gasteiger charge is -2.34. The molecule has 0 saturated carbocycles. The van der Waals surface area contributed by atoms with Crippen LogP contribution in [0.5, 0.6) is 0 Å². The van der Waals surface area contributed by atoms with Crippen LogP contribution in [0.4, 0.5) is 0 Å². The van der Waals surface area contributed by atoms with Crippen LogP contribution in [0.15, 0.2) is 23.1 Å². The summed E-state index contributed by atoms with van der Waals surface area (Å²) in [5, 5.41) is 0.547. The first-order chi connectivity index (χ1) is 8.82. The van der Waals surface area contributed by atoms with Crippen LogP contribution in [-0.2, 0) is 10.0 Å². The third-order valence-corrected chi connectivity index (χ3v) is 5.95. The molecule has 0 radical (unpaired) electrons. The lowest BCUT2D eigenvalue weighted by Crippen LogP contribution is -2.48. The summed E-state index contributed by atoms with van der Waals surface area (Å²) in [7, 11) is -3.45. The molecule has 2 atom stereocenters. The topological polar surface area (TPSA) is 63.4 Å². The number of rotatable bonds is 2. The van der Waals surface area contributed by atoms with Gasteiger partial charge in [-0.25, -0.2) is 8.42 Å². The van der Waals surface area contributed by atoms with Gasteiger partial charge in [-0.3, -0.25) is 0 Å². The van der Waals surface area contributed by atoms with Gasteiger partial charge < -0.3 is 5.73 Å². The van der Waals surface area contributed by atoms with Crippen molar-refractivity contribution < 1.29 is 8.42 Å². The van der Waals surface area contributed by atoms with E-state index in [9.17, 15) is 8.42 Å². The molecular weight excluding hydrogens is 284 g/mol. The van der Waals surface area contributed by atoms with E-state index in [0.717, 1.165) is 0 Å². The predicted molar refractivity (Wildman–Crippen MR) is 76.7 cm³/mol. The molecule has 2 unspecified atom stereocenters. The number of aryl methyl sites for hydroxylation is 1. The lowest BCUT2D eigenvalue weighted by molar-refractivity contribution is 0.250. The fraction of sp³-hybridized carbons (Fsp3) is 0.538. The van der Waals surface area contributed by atoms with Gasteiger partial charge >= 0.3 is 0 Å². The first-order valence-electron chi connectivity index (χ1n) is 6.34. The summed E-state index contributed by atoms with van der Waals surface area (Å²) in [6.45, 7) is 4.71. The maximum Gasteiger partial charge on any atom is 0.243 e. The smallest absolute Gasteiger partial charge is 0.243 e. The van der Waals surface area contributed by atoms with E-state index >= 15 is 0 Å². The third kappa shape index (κ3) is 2.94. The minimum atomic E-state index is -3.45. The average molecular weight is 303 g/mol. The maximum atomic E-state index is 12.6. The Balaban J connectivity index is 2.32. The van der Waals surface area contributed by atoms with Gasteiger partial charge in [0.25, 0.3) is 0 Å². The molecule has 1 aromatic rings. The van der Waals surface area contributed by atoms with E-state index in [1.165, 1.54) is 4.31 Å². The summed E-state index contributed by atoms with van der Waals surface area (Å²) < 4.78 is 26.8. The minimum absolute atomic E-state index is 0.0813. The van der Waals surface area contributed by atoms with Gasteiger partial charge in [0.15, 0.2) is 0 Å². The van der Waals surface area contributed by atoms with Gasteiger partial charge in [-0.15, -0.1) is 0 Å². The first kappa shape index (κ1) is 14.8. The first-order valence-corrected chi connectivity index (χ1v) is 8.16. The fourth-order valence-corrected chi connectivity index (χ4v) is 4.37. The number of nitrogens with two attached hydrogens (primary N) is 1. The van der Waals surface area contributed by atoms with Gasteiger partial charge in [-0.2, -0.15) is 4.31 Å². The SMILES string of the molecule is Cc1cc(Cl)ccc1S(=O)(=O)N1CCC(N)C(C)C1. The Morgan fingerprint density at radius 3 is 2.68 bits per heavy atom. The molecule has 0 aliphatic carbocycles. The number of nitrogens with zero attached hydrogens (tertiary/aromatic N) is 1. The Hall–Kier alpha value is -0.620. The molecule has 0 bridgehead atoms. The van der Waals surface area contributed by atoms with Crippen molar-refractivity contribution in [1.29, 1.82) is 0 Å². The van der Waals surface area contributed by atoms with E-state index in [1.807, 2.05) is 6.92 Å². The Morgan fingerprint density at radius 1 is 1.42 bits per heavy atom. The number of halogens is 1. The van der Waals surface area contributed by atoms with Crippen LogP contribution in [0.3, 0.4) is 0 Å². The molecule has 0 aromatic heterocycles. The summed E-state index contributed by atoms with van der Waals surface area (Å²) in [5.41, 5.74) is 6.61. The normalized spacial score (nSPS) is 25.5. The molecule has 106 valence electrons. The van der Waals surface area contributed by atoms with E-state index in [0.29, 0.717) is 35.0 Å². The lowest BCUT2D eigenvalue weighted by atomic mass is 9.96. The van der Waals surface area contributed by atoms with Gasteiger partial charge in [0, 0.05) is 24.2 Å². The summed E-state index contributed by atoms with van der Waals surface area (Å²) >= 11 is 5.87. The molecule has 1 aromatic carbocycles. The van der Waals surface area contributed by atoms with Crippen LogP contribution in [0.25, 0.3) is 0 Å². The molecule has 1 saturated heterocycles. The van der Waals surface area contributed by atoms with Crippen LogP contribution in [-0.4, -0.2) is 31.9 Å². The highest BCUT2D eigenvalue weighted by atomic mass is 35.5. The summed E-state index contributed by atoms with van der Waals surface area (Å²) in [6, 6.07) is 4.94. The van der Waals surface area contributed by atoms with Gasteiger partial charge in [0.05, 0.1) is 4.90 Å². The summed E-state index contributed by atoms with van der Waals surface area (Å²) in [5.74, 6) is 0.177. The van der Waals surface area contributed by atoms with Crippen molar-refractivity contribution in [3.8, 4) is 0 Å². The minimum Gasteiger partial charge on any atom is -0.327 e. The molecule has 1 aliphatic rings. The van der Waals surface area contributed by atoms with Crippen molar-refractivity contribution in [2.24, 2.45) is 11.7 Å². The van der Waals surface area contributed by atoms with Crippen molar-refractivity contribution in [1.82, 2.24) is 4.31 Å². The summed E-state index contributed by atoms with van der Waals surface area (Å²) in [4.78, 5) is 0.333. The van der Waals surface area contributed by atoms with E-state index in [-0.39, 0.29) is 12.0 Å². The Bertz CT molecular complexity index is 574. The monoisotopic (exact) mass is 302 g/mol. The van der Waals surface area contributed by atoms with Gasteiger partial charge in [0.1, 0.15) is 0 Å². The fourth-order valence-electron chi connectivity index (χ4n) is 2.39. The standard InChI is InChI=1S/C13H19ClN2O2S/c1-9-7-11(14)3-4-13(9)19(17,18)16-6-5-12(15)10(2)8-16/h3-4,7,10,12H,5-6,8,15H2,1-2H3. The summed E-state index contributed by atoms with van der Waals surface area (Å²) in [6.07, 6.45) is 0.701. The van der Waals surface area contributed by atoms with Crippen LogP contribution in [0.2, 0.25) is 5.02 Å². The van der Waals surface area contributed by atoms with E-state index in [4.69, 9.17) is 17.3 Å². The molecule has 2 rings (SSSR count). The molecule has 19 heavy (non-hydrogen) atoms. The predicted octanol–water partition coefficient (Wildman–Crippen LogP) is 2.01. The molecule has 0 spiro atoms. The number of hydrogen-bond donors (Lipinski definition) is 1. The largest absolute Gasteiger partial charge is 0.327 e. The van der Waals surface area contributed by atoms with E-state index < -0.39 is 10.0 Å². The number of piperidine rings is 1. The molecular formula is C13H19ClN2O2S. The molecule has 2 N–H and O–H groups in total. The van der Waals surface area contributed by atoms with E-state index in [1.54, 1.807) is 25.1 Å². The molecule has 1 heterocycles. The number of benzene rings is 1. The van der Waals surface area contributed by atoms with Crippen molar-refractivity contribution >= 4 is 21.6 Å². The molecule has 0 amide bonds. The van der Waals surface area contributed by atoms with Gasteiger partial charge in [-0.05, 0) is 43.0 Å². The van der Waals surface area contributed by atoms with Crippen LogP contribution in [0, 0.1) is 12.8 Å². The highest BCUT2D eigenvalue weighted by Gasteiger charge is 2.32. The number of hydrogen-bond acceptors (Lipinski definition) is 3. The maximum absolute atomic E-state index is 12.6. The van der Waals surface area contributed by atoms with Crippen LogP contribution < -0.4 is 5.73 Å². The van der Waals surface area contributed by atoms with Crippen molar-refractivity contribution in [2.75, 3.05) is 13.1 Å². The van der Waals surface area contributed by atoms with E-state index in [2.05, 4.69) is 0 Å². The van der Waals surface area contributed by atoms with Gasteiger partial charge in [-0.1, -0.05) is 18.5 Å². The second-order valence-electron chi connectivity index (χ2n) is 5.20. The molecule has 1 fully saturated rings. The van der Waals surface area contributed by atoms with Crippen molar-refractivity contribution in [3.63, 3.8) is 0 Å². The zero-order valence-electron chi connectivity index (χ0n) is 11.1.